The summed E-state index contributed by atoms with van der Waals surface area (Å²) < 4.78 is 5.12. The Morgan fingerprint density at radius 3 is 2.73 bits per heavy atom. The quantitative estimate of drug-likeness (QED) is 0.521. The van der Waals surface area contributed by atoms with Crippen molar-refractivity contribution in [3.05, 3.63) is 63.6 Å². The first-order valence-electron chi connectivity index (χ1n) is 9.49. The summed E-state index contributed by atoms with van der Waals surface area (Å²) in [5, 5.41) is 16.2. The molecule has 1 aromatic carbocycles. The van der Waals surface area contributed by atoms with Crippen LogP contribution in [0, 0.1) is 17.0 Å². The molecule has 1 aromatic heterocycles. The average Bonchev–Trinajstić information content (AvgIpc) is 3.41. The van der Waals surface area contributed by atoms with Gasteiger partial charge in [-0.2, -0.15) is 0 Å². The Bertz CT molecular complexity index is 956. The molecule has 0 aliphatic carbocycles. The molecule has 1 aliphatic rings. The van der Waals surface area contributed by atoms with Gasteiger partial charge in [0.2, 0.25) is 11.8 Å². The lowest BCUT2D eigenvalue weighted by Crippen LogP contribution is -2.48. The molecule has 0 spiro atoms. The molecule has 1 aliphatic heterocycles. The third kappa shape index (κ3) is 4.83. The molecule has 3 rings (SSSR count). The number of likely N-dealkylation sites (tertiary alicyclic amines) is 1. The molecule has 2 N–H and O–H groups in total. The van der Waals surface area contributed by atoms with Gasteiger partial charge >= 0.3 is 0 Å². The molecule has 0 radical (unpaired) electrons. The van der Waals surface area contributed by atoms with Gasteiger partial charge in [-0.05, 0) is 44.0 Å². The van der Waals surface area contributed by atoms with Gasteiger partial charge in [0.25, 0.3) is 11.6 Å². The van der Waals surface area contributed by atoms with Crippen LogP contribution in [0.3, 0.4) is 0 Å². The number of nitrogens with zero attached hydrogens (tertiary/aromatic N) is 2. The Hall–Kier alpha value is -3.69. The number of furan rings is 1. The van der Waals surface area contributed by atoms with Crippen molar-refractivity contribution in [1.82, 2.24) is 15.5 Å². The lowest BCUT2D eigenvalue weighted by molar-refractivity contribution is -0.385. The molecule has 10 heteroatoms. The fourth-order valence-corrected chi connectivity index (χ4v) is 3.39. The number of benzene rings is 1. The van der Waals surface area contributed by atoms with Crippen molar-refractivity contribution < 1.29 is 23.7 Å². The number of hydrogen-bond donors (Lipinski definition) is 2. The Morgan fingerprint density at radius 2 is 2.07 bits per heavy atom. The van der Waals surface area contributed by atoms with Crippen molar-refractivity contribution in [3.63, 3.8) is 0 Å². The van der Waals surface area contributed by atoms with Crippen LogP contribution in [0.2, 0.25) is 0 Å². The molecule has 10 nitrogen and oxygen atoms in total. The molecule has 2 aromatic rings. The maximum Gasteiger partial charge on any atom is 0.272 e. The summed E-state index contributed by atoms with van der Waals surface area (Å²) in [6.07, 6.45) is 2.64. The zero-order chi connectivity index (χ0) is 21.7. The minimum atomic E-state index is -0.689. The van der Waals surface area contributed by atoms with Gasteiger partial charge in [0.15, 0.2) is 0 Å². The first kappa shape index (κ1) is 21.0. The van der Waals surface area contributed by atoms with E-state index >= 15 is 0 Å². The molecule has 1 fully saturated rings. The lowest BCUT2D eigenvalue weighted by Gasteiger charge is -2.24. The summed E-state index contributed by atoms with van der Waals surface area (Å²) in [5.41, 5.74) is 0.594. The van der Waals surface area contributed by atoms with Crippen molar-refractivity contribution in [3.8, 4) is 0 Å². The number of rotatable bonds is 7. The van der Waals surface area contributed by atoms with E-state index in [9.17, 15) is 24.5 Å². The van der Waals surface area contributed by atoms with Gasteiger partial charge in [-0.1, -0.05) is 0 Å². The number of nitro groups is 1. The maximum absolute atomic E-state index is 12.9. The van der Waals surface area contributed by atoms with Crippen molar-refractivity contribution in [2.75, 3.05) is 13.1 Å². The predicted molar refractivity (Wildman–Crippen MR) is 105 cm³/mol. The highest BCUT2D eigenvalue weighted by Crippen LogP contribution is 2.24. The van der Waals surface area contributed by atoms with E-state index in [1.54, 1.807) is 19.1 Å². The second-order valence-electron chi connectivity index (χ2n) is 6.99. The molecule has 1 unspecified atom stereocenters. The zero-order valence-electron chi connectivity index (χ0n) is 16.4. The van der Waals surface area contributed by atoms with E-state index < -0.39 is 16.9 Å². The van der Waals surface area contributed by atoms with Crippen LogP contribution in [0.1, 0.15) is 34.5 Å². The number of nitro benzene ring substituents is 1. The molecular formula is C20H22N4O6. The van der Waals surface area contributed by atoms with Crippen LogP contribution in [0.15, 0.2) is 41.0 Å². The largest absolute Gasteiger partial charge is 0.467 e. The van der Waals surface area contributed by atoms with Gasteiger partial charge in [0.1, 0.15) is 11.8 Å². The van der Waals surface area contributed by atoms with Crippen LogP contribution >= 0.6 is 0 Å². The van der Waals surface area contributed by atoms with E-state index in [1.807, 2.05) is 0 Å². The number of nitrogens with one attached hydrogen (secondary N) is 2. The van der Waals surface area contributed by atoms with Crippen molar-refractivity contribution in [2.24, 2.45) is 0 Å². The Morgan fingerprint density at radius 1 is 1.27 bits per heavy atom. The topological polar surface area (TPSA) is 135 Å². The van der Waals surface area contributed by atoms with Gasteiger partial charge in [-0.25, -0.2) is 0 Å². The molecular weight excluding hydrogens is 392 g/mol. The summed E-state index contributed by atoms with van der Waals surface area (Å²) in [6, 6.07) is 6.88. The van der Waals surface area contributed by atoms with Crippen LogP contribution in [0.4, 0.5) is 5.69 Å². The second kappa shape index (κ2) is 9.21. The summed E-state index contributed by atoms with van der Waals surface area (Å²) in [5.74, 6) is -0.553. The SMILES string of the molecule is Cc1cc(C(=O)N2CCCC2C(=O)NCC(=O)NCc2ccco2)ccc1[N+](=O)[O-]. The van der Waals surface area contributed by atoms with Crippen molar-refractivity contribution in [1.29, 1.82) is 0 Å². The van der Waals surface area contributed by atoms with Crippen LogP contribution in [0.5, 0.6) is 0 Å². The van der Waals surface area contributed by atoms with E-state index in [0.29, 0.717) is 30.7 Å². The third-order valence-electron chi connectivity index (χ3n) is 4.92. The summed E-state index contributed by atoms with van der Waals surface area (Å²) in [4.78, 5) is 49.2. The second-order valence-corrected chi connectivity index (χ2v) is 6.99. The van der Waals surface area contributed by atoms with Gasteiger partial charge in [-0.15, -0.1) is 0 Å². The van der Waals surface area contributed by atoms with E-state index in [0.717, 1.165) is 0 Å². The number of carbonyl (C=O) groups excluding carboxylic acids is 3. The molecule has 1 atom stereocenters. The van der Waals surface area contributed by atoms with Crippen LogP contribution in [-0.4, -0.2) is 46.7 Å². The fourth-order valence-electron chi connectivity index (χ4n) is 3.39. The molecule has 0 bridgehead atoms. The molecule has 1 saturated heterocycles. The highest BCUT2D eigenvalue weighted by Gasteiger charge is 2.35. The van der Waals surface area contributed by atoms with Gasteiger partial charge in [0, 0.05) is 23.7 Å². The van der Waals surface area contributed by atoms with Crippen LogP contribution < -0.4 is 10.6 Å². The fraction of sp³-hybridized carbons (Fsp3) is 0.350. The van der Waals surface area contributed by atoms with E-state index in [-0.39, 0.29) is 36.2 Å². The first-order chi connectivity index (χ1) is 14.4. The Balaban J connectivity index is 1.57. The van der Waals surface area contributed by atoms with Crippen molar-refractivity contribution in [2.45, 2.75) is 32.4 Å². The average molecular weight is 414 g/mol. The summed E-state index contributed by atoms with van der Waals surface area (Å²) in [6.45, 7) is 1.96. The minimum Gasteiger partial charge on any atom is -0.467 e. The Kier molecular flexibility index (Phi) is 6.45. The van der Waals surface area contributed by atoms with Crippen LogP contribution in [-0.2, 0) is 16.1 Å². The summed E-state index contributed by atoms with van der Waals surface area (Å²) >= 11 is 0. The van der Waals surface area contributed by atoms with Gasteiger partial charge in [-0.3, -0.25) is 24.5 Å². The van der Waals surface area contributed by atoms with E-state index in [2.05, 4.69) is 10.6 Å². The van der Waals surface area contributed by atoms with Gasteiger partial charge < -0.3 is 20.0 Å². The molecule has 158 valence electrons. The normalized spacial score (nSPS) is 15.6. The smallest absolute Gasteiger partial charge is 0.272 e. The standard InChI is InChI=1S/C20H22N4O6/c1-13-10-14(6-7-16(13)24(28)29)20(27)23-8-2-5-17(23)19(26)22-12-18(25)21-11-15-4-3-9-30-15/h3-4,6-7,9-10,17H,2,5,8,11-12H2,1H3,(H,21,25)(H,22,26). The maximum atomic E-state index is 12.9. The monoisotopic (exact) mass is 414 g/mol. The highest BCUT2D eigenvalue weighted by atomic mass is 16.6. The number of aryl methyl sites for hydroxylation is 1. The predicted octanol–water partition coefficient (Wildman–Crippen LogP) is 1.53. The molecule has 2 heterocycles. The van der Waals surface area contributed by atoms with Gasteiger partial charge in [0.05, 0.1) is 24.3 Å². The number of amides is 3. The molecule has 0 saturated carbocycles. The summed E-state index contributed by atoms with van der Waals surface area (Å²) in [7, 11) is 0. The lowest BCUT2D eigenvalue weighted by atomic mass is 10.1. The molecule has 30 heavy (non-hydrogen) atoms. The van der Waals surface area contributed by atoms with Crippen LogP contribution in [0.25, 0.3) is 0 Å². The van der Waals surface area contributed by atoms with Crippen molar-refractivity contribution >= 4 is 23.4 Å². The minimum absolute atomic E-state index is 0.0668. The highest BCUT2D eigenvalue weighted by molar-refractivity contribution is 5.98. The number of hydrogen-bond acceptors (Lipinski definition) is 6. The molecule has 3 amide bonds. The third-order valence-corrected chi connectivity index (χ3v) is 4.92. The Labute approximate surface area is 172 Å². The van der Waals surface area contributed by atoms with E-state index in [1.165, 1.54) is 29.4 Å². The first-order valence-corrected chi connectivity index (χ1v) is 9.49. The van der Waals surface area contributed by atoms with E-state index in [4.69, 9.17) is 4.42 Å². The zero-order valence-corrected chi connectivity index (χ0v) is 16.4. The number of carbonyl (C=O) groups is 3.